The van der Waals surface area contributed by atoms with Gasteiger partial charge in [0, 0.05) is 10.7 Å². The lowest BCUT2D eigenvalue weighted by molar-refractivity contribution is 1.21. The average molecular weight is 285 g/mol. The molecule has 0 fully saturated rings. The van der Waals surface area contributed by atoms with Crippen LogP contribution in [0.25, 0.3) is 0 Å². The van der Waals surface area contributed by atoms with Gasteiger partial charge in [0.1, 0.15) is 4.60 Å². The highest BCUT2D eigenvalue weighted by Gasteiger charge is 2.04. The van der Waals surface area contributed by atoms with Gasteiger partial charge in [0.25, 0.3) is 0 Å². The Morgan fingerprint density at radius 1 is 1.50 bits per heavy atom. The normalized spacial score (nSPS) is 10.0. The number of hydrogen-bond acceptors (Lipinski definition) is 1. The van der Waals surface area contributed by atoms with Crippen LogP contribution in [0.1, 0.15) is 5.56 Å². The van der Waals surface area contributed by atoms with Crippen molar-refractivity contribution in [3.05, 3.63) is 25.9 Å². The molecule has 0 saturated heterocycles. The standard InChI is InChI=1S/C6H4Br2ClN/c1-3-2-10-6(8)5(9)4(3)7/h2H,1H3. The van der Waals surface area contributed by atoms with Crippen LogP contribution in [0.4, 0.5) is 0 Å². The minimum absolute atomic E-state index is 0.625. The summed E-state index contributed by atoms with van der Waals surface area (Å²) in [6.45, 7) is 1.94. The first kappa shape index (κ1) is 8.50. The van der Waals surface area contributed by atoms with E-state index in [0.29, 0.717) is 9.63 Å². The summed E-state index contributed by atoms with van der Waals surface area (Å²) in [7, 11) is 0. The van der Waals surface area contributed by atoms with E-state index in [1.54, 1.807) is 6.20 Å². The lowest BCUT2D eigenvalue weighted by Crippen LogP contribution is -1.82. The van der Waals surface area contributed by atoms with Crippen molar-refractivity contribution < 1.29 is 0 Å². The van der Waals surface area contributed by atoms with E-state index in [1.807, 2.05) is 6.92 Å². The SMILES string of the molecule is Cc1cnc(Br)c(Cl)c1Br. The lowest BCUT2D eigenvalue weighted by Gasteiger charge is -2.00. The molecule has 0 spiro atoms. The Hall–Kier alpha value is 0.400. The average Bonchev–Trinajstić information content (AvgIpc) is 1.93. The highest BCUT2D eigenvalue weighted by molar-refractivity contribution is 9.11. The number of aryl methyl sites for hydroxylation is 1. The fourth-order valence-electron chi connectivity index (χ4n) is 0.531. The third-order valence-corrected chi connectivity index (χ3v) is 3.54. The van der Waals surface area contributed by atoms with Gasteiger partial charge in [0.2, 0.25) is 0 Å². The first-order valence-electron chi connectivity index (χ1n) is 2.59. The van der Waals surface area contributed by atoms with Crippen LogP contribution in [0.15, 0.2) is 15.3 Å². The summed E-state index contributed by atoms with van der Waals surface area (Å²) in [5, 5.41) is 0.625. The van der Waals surface area contributed by atoms with Crippen molar-refractivity contribution in [3.63, 3.8) is 0 Å². The number of aromatic nitrogens is 1. The fraction of sp³-hybridized carbons (Fsp3) is 0.167. The van der Waals surface area contributed by atoms with Gasteiger partial charge in [-0.3, -0.25) is 0 Å². The summed E-state index contributed by atoms with van der Waals surface area (Å²) in [5.41, 5.74) is 1.04. The largest absolute Gasteiger partial charge is 0.247 e. The maximum atomic E-state index is 5.83. The van der Waals surface area contributed by atoms with Gasteiger partial charge in [0.15, 0.2) is 0 Å². The molecule has 1 rings (SSSR count). The zero-order valence-electron chi connectivity index (χ0n) is 5.16. The zero-order chi connectivity index (χ0) is 7.72. The Morgan fingerprint density at radius 2 is 2.10 bits per heavy atom. The molecule has 1 heterocycles. The van der Waals surface area contributed by atoms with Crippen molar-refractivity contribution >= 4 is 43.5 Å². The molecule has 0 atom stereocenters. The molecule has 1 aromatic heterocycles. The number of rotatable bonds is 0. The van der Waals surface area contributed by atoms with Gasteiger partial charge < -0.3 is 0 Å². The molecule has 10 heavy (non-hydrogen) atoms. The summed E-state index contributed by atoms with van der Waals surface area (Å²) < 4.78 is 1.57. The lowest BCUT2D eigenvalue weighted by atomic mass is 10.3. The van der Waals surface area contributed by atoms with Crippen molar-refractivity contribution in [2.24, 2.45) is 0 Å². The molecule has 0 radical (unpaired) electrons. The second-order valence-electron chi connectivity index (χ2n) is 1.86. The summed E-state index contributed by atoms with van der Waals surface area (Å²) >= 11 is 12.4. The van der Waals surface area contributed by atoms with Crippen LogP contribution in [-0.2, 0) is 0 Å². The molecule has 0 saturated carbocycles. The first-order chi connectivity index (χ1) is 4.63. The van der Waals surface area contributed by atoms with E-state index in [-0.39, 0.29) is 0 Å². The number of halogens is 3. The van der Waals surface area contributed by atoms with E-state index in [0.717, 1.165) is 10.0 Å². The Kier molecular flexibility index (Phi) is 2.72. The number of hydrogen-bond donors (Lipinski definition) is 0. The smallest absolute Gasteiger partial charge is 0.125 e. The highest BCUT2D eigenvalue weighted by atomic mass is 79.9. The second kappa shape index (κ2) is 3.20. The van der Waals surface area contributed by atoms with E-state index in [9.17, 15) is 0 Å². The molecule has 0 amide bonds. The molecule has 0 aromatic carbocycles. The minimum atomic E-state index is 0.625. The van der Waals surface area contributed by atoms with E-state index in [4.69, 9.17) is 11.6 Å². The third kappa shape index (κ3) is 1.52. The van der Waals surface area contributed by atoms with Crippen molar-refractivity contribution in [1.29, 1.82) is 0 Å². The minimum Gasteiger partial charge on any atom is -0.247 e. The van der Waals surface area contributed by atoms with Crippen LogP contribution < -0.4 is 0 Å². The van der Waals surface area contributed by atoms with Crippen molar-refractivity contribution in [2.45, 2.75) is 6.92 Å². The molecular weight excluding hydrogens is 281 g/mol. The molecule has 0 bridgehead atoms. The Morgan fingerprint density at radius 3 is 2.60 bits per heavy atom. The van der Waals surface area contributed by atoms with Crippen LogP contribution in [0, 0.1) is 6.92 Å². The quantitative estimate of drug-likeness (QED) is 0.664. The summed E-state index contributed by atoms with van der Waals surface area (Å²) in [6, 6.07) is 0. The van der Waals surface area contributed by atoms with E-state index < -0.39 is 0 Å². The number of nitrogens with zero attached hydrogens (tertiary/aromatic N) is 1. The molecule has 1 aromatic rings. The predicted octanol–water partition coefficient (Wildman–Crippen LogP) is 3.57. The molecule has 0 aliphatic rings. The molecule has 0 N–H and O–H groups in total. The van der Waals surface area contributed by atoms with Crippen molar-refractivity contribution in [2.75, 3.05) is 0 Å². The Balaban J connectivity index is 3.34. The van der Waals surface area contributed by atoms with Crippen molar-refractivity contribution in [1.82, 2.24) is 4.98 Å². The summed E-state index contributed by atoms with van der Waals surface area (Å²) in [4.78, 5) is 3.99. The molecule has 0 unspecified atom stereocenters. The molecule has 4 heteroatoms. The summed E-state index contributed by atoms with van der Waals surface area (Å²) in [5.74, 6) is 0. The molecule has 1 nitrogen and oxygen atoms in total. The van der Waals surface area contributed by atoms with Crippen molar-refractivity contribution in [3.8, 4) is 0 Å². The van der Waals surface area contributed by atoms with Gasteiger partial charge in [-0.1, -0.05) is 11.6 Å². The molecular formula is C6H4Br2ClN. The molecule has 0 aliphatic heterocycles. The third-order valence-electron chi connectivity index (χ3n) is 1.09. The van der Waals surface area contributed by atoms with E-state index >= 15 is 0 Å². The Bertz CT molecular complexity index is 235. The van der Waals surface area contributed by atoms with E-state index in [1.165, 1.54) is 0 Å². The van der Waals surface area contributed by atoms with E-state index in [2.05, 4.69) is 36.8 Å². The maximum absolute atomic E-state index is 5.83. The van der Waals surface area contributed by atoms with Crippen LogP contribution in [0.3, 0.4) is 0 Å². The highest BCUT2D eigenvalue weighted by Crippen LogP contribution is 2.30. The van der Waals surface area contributed by atoms with Gasteiger partial charge in [-0.05, 0) is 44.3 Å². The second-order valence-corrected chi connectivity index (χ2v) is 3.78. The summed E-state index contributed by atoms with van der Waals surface area (Å²) in [6.07, 6.45) is 1.75. The monoisotopic (exact) mass is 283 g/mol. The van der Waals surface area contributed by atoms with Gasteiger partial charge in [0.05, 0.1) is 5.02 Å². The van der Waals surface area contributed by atoms with Gasteiger partial charge >= 0.3 is 0 Å². The van der Waals surface area contributed by atoms with Crippen LogP contribution >= 0.6 is 43.5 Å². The topological polar surface area (TPSA) is 12.9 Å². The zero-order valence-corrected chi connectivity index (χ0v) is 9.09. The predicted molar refractivity (Wildman–Crippen MR) is 49.4 cm³/mol. The van der Waals surface area contributed by atoms with Gasteiger partial charge in [-0.2, -0.15) is 0 Å². The van der Waals surface area contributed by atoms with Crippen LogP contribution in [-0.4, -0.2) is 4.98 Å². The first-order valence-corrected chi connectivity index (χ1v) is 4.55. The maximum Gasteiger partial charge on any atom is 0.125 e. The Labute approximate surface area is 81.1 Å². The van der Waals surface area contributed by atoms with Crippen LogP contribution in [0.5, 0.6) is 0 Å². The molecule has 0 aliphatic carbocycles. The fourth-order valence-corrected chi connectivity index (χ4v) is 1.59. The van der Waals surface area contributed by atoms with Crippen LogP contribution in [0.2, 0.25) is 5.02 Å². The van der Waals surface area contributed by atoms with Gasteiger partial charge in [-0.15, -0.1) is 0 Å². The molecule has 54 valence electrons. The van der Waals surface area contributed by atoms with Gasteiger partial charge in [-0.25, -0.2) is 4.98 Å². The number of pyridine rings is 1.